The average molecular weight is 336 g/mol. The number of aromatic nitrogens is 1. The normalized spacial score (nSPS) is 9.65. The molecule has 1 heterocycles. The molecule has 0 saturated heterocycles. The number of nitrogen functional groups attached to an aromatic ring is 1. The fourth-order valence-corrected chi connectivity index (χ4v) is 1.85. The Bertz CT molecular complexity index is 589. The highest BCUT2D eigenvalue weighted by Gasteiger charge is 2.03. The molecule has 0 aliphatic rings. The van der Waals surface area contributed by atoms with Gasteiger partial charge in [0.05, 0.1) is 11.4 Å². The van der Waals surface area contributed by atoms with E-state index < -0.39 is 0 Å². The van der Waals surface area contributed by atoms with E-state index in [0.29, 0.717) is 11.5 Å². The zero-order valence-corrected chi connectivity index (χ0v) is 11.0. The Balaban J connectivity index is 2.32. The van der Waals surface area contributed by atoms with Crippen molar-refractivity contribution in [3.63, 3.8) is 0 Å². The van der Waals surface area contributed by atoms with E-state index in [9.17, 15) is 0 Å². The molecule has 0 saturated carbocycles. The molecule has 0 unspecified atom stereocenters. The minimum absolute atomic E-state index is 0.237. The number of nitrogens with one attached hydrogen (secondary N) is 1. The zero-order chi connectivity index (χ0) is 12.3. The summed E-state index contributed by atoms with van der Waals surface area (Å²) in [5.74, 6) is 0.611. The number of hydrogen-bond donors (Lipinski definition) is 2. The fourth-order valence-electron chi connectivity index (χ4n) is 1.33. The van der Waals surface area contributed by atoms with E-state index >= 15 is 0 Å². The van der Waals surface area contributed by atoms with Crippen molar-refractivity contribution >= 4 is 39.8 Å². The molecular formula is C12H9IN4. The molecule has 3 N–H and O–H groups in total. The van der Waals surface area contributed by atoms with Gasteiger partial charge in [0.15, 0.2) is 5.69 Å². The third-order valence-corrected chi connectivity index (χ3v) is 3.11. The number of anilines is 3. The van der Waals surface area contributed by atoms with Crippen molar-refractivity contribution in [2.45, 2.75) is 0 Å². The van der Waals surface area contributed by atoms with Crippen LogP contribution in [0.5, 0.6) is 0 Å². The molecule has 0 spiro atoms. The van der Waals surface area contributed by atoms with Crippen LogP contribution in [0.25, 0.3) is 0 Å². The number of hydrogen-bond acceptors (Lipinski definition) is 4. The maximum Gasteiger partial charge on any atom is 0.165 e. The predicted octanol–water partition coefficient (Wildman–Crippen LogP) is 2.88. The largest absolute Gasteiger partial charge is 0.396 e. The Morgan fingerprint density at radius 3 is 2.71 bits per heavy atom. The number of nitrogens with zero attached hydrogens (tertiary/aromatic N) is 2. The summed E-state index contributed by atoms with van der Waals surface area (Å²) in [6.45, 7) is 0. The highest BCUT2D eigenvalue weighted by Crippen LogP contribution is 2.22. The lowest BCUT2D eigenvalue weighted by molar-refractivity contribution is 1.26. The van der Waals surface area contributed by atoms with Crippen LogP contribution >= 0.6 is 22.6 Å². The highest BCUT2D eigenvalue weighted by molar-refractivity contribution is 14.1. The van der Waals surface area contributed by atoms with Gasteiger partial charge in [0.1, 0.15) is 11.9 Å². The van der Waals surface area contributed by atoms with Crippen molar-refractivity contribution < 1.29 is 0 Å². The third kappa shape index (κ3) is 2.65. The molecule has 0 bridgehead atoms. The number of para-hydroxylation sites is 1. The zero-order valence-electron chi connectivity index (χ0n) is 8.81. The van der Waals surface area contributed by atoms with E-state index in [1.807, 2.05) is 30.3 Å². The maximum absolute atomic E-state index is 8.84. The Kier molecular flexibility index (Phi) is 3.44. The van der Waals surface area contributed by atoms with Gasteiger partial charge in [-0.1, -0.05) is 12.1 Å². The van der Waals surface area contributed by atoms with Crippen molar-refractivity contribution in [1.29, 1.82) is 5.26 Å². The minimum atomic E-state index is 0.237. The van der Waals surface area contributed by atoms with Gasteiger partial charge in [0, 0.05) is 3.57 Å². The minimum Gasteiger partial charge on any atom is -0.396 e. The van der Waals surface area contributed by atoms with Crippen molar-refractivity contribution in [3.05, 3.63) is 45.7 Å². The number of halogens is 1. The standard InChI is InChI=1S/C12H9IN4/c13-8-3-1-2-4-10(8)16-12-6-5-9(15)11(7-14)17-12/h1-6H,15H2,(H,16,17). The fraction of sp³-hybridized carbons (Fsp3) is 0. The summed E-state index contributed by atoms with van der Waals surface area (Å²) in [6, 6.07) is 13.2. The predicted molar refractivity (Wildman–Crippen MR) is 75.8 cm³/mol. The molecule has 1 aromatic carbocycles. The smallest absolute Gasteiger partial charge is 0.165 e. The molecule has 17 heavy (non-hydrogen) atoms. The maximum atomic E-state index is 8.84. The number of benzene rings is 1. The summed E-state index contributed by atoms with van der Waals surface area (Å²) < 4.78 is 1.09. The van der Waals surface area contributed by atoms with Crippen LogP contribution in [0.4, 0.5) is 17.2 Å². The van der Waals surface area contributed by atoms with Gasteiger partial charge in [-0.05, 0) is 46.9 Å². The van der Waals surface area contributed by atoms with Gasteiger partial charge in [-0.3, -0.25) is 0 Å². The van der Waals surface area contributed by atoms with Gasteiger partial charge in [0.25, 0.3) is 0 Å². The lowest BCUT2D eigenvalue weighted by Gasteiger charge is -2.08. The molecule has 1 aromatic heterocycles. The Hall–Kier alpha value is -1.81. The van der Waals surface area contributed by atoms with Crippen LogP contribution in [0, 0.1) is 14.9 Å². The van der Waals surface area contributed by atoms with Crippen LogP contribution in [-0.2, 0) is 0 Å². The SMILES string of the molecule is N#Cc1nc(Nc2ccccc2I)ccc1N. The van der Waals surface area contributed by atoms with Gasteiger partial charge < -0.3 is 11.1 Å². The Labute approximate surface area is 113 Å². The molecule has 5 heteroatoms. The van der Waals surface area contributed by atoms with Crippen LogP contribution in [-0.4, -0.2) is 4.98 Å². The molecule has 0 fully saturated rings. The molecule has 0 radical (unpaired) electrons. The topological polar surface area (TPSA) is 74.7 Å². The average Bonchev–Trinajstić information content (AvgIpc) is 2.34. The number of pyridine rings is 1. The molecule has 0 amide bonds. The number of nitriles is 1. The summed E-state index contributed by atoms with van der Waals surface area (Å²) in [5.41, 5.74) is 7.19. The Morgan fingerprint density at radius 1 is 1.24 bits per heavy atom. The first kappa shape index (κ1) is 11.7. The van der Waals surface area contributed by atoms with E-state index in [-0.39, 0.29) is 5.69 Å². The first-order valence-electron chi connectivity index (χ1n) is 4.89. The van der Waals surface area contributed by atoms with Crippen molar-refractivity contribution in [1.82, 2.24) is 4.98 Å². The summed E-state index contributed by atoms with van der Waals surface area (Å²) >= 11 is 2.23. The first-order valence-corrected chi connectivity index (χ1v) is 5.97. The molecule has 84 valence electrons. The van der Waals surface area contributed by atoms with Crippen molar-refractivity contribution in [2.75, 3.05) is 11.1 Å². The number of nitrogens with two attached hydrogens (primary N) is 1. The molecule has 0 aliphatic heterocycles. The van der Waals surface area contributed by atoms with Crippen LogP contribution in [0.15, 0.2) is 36.4 Å². The van der Waals surface area contributed by atoms with Gasteiger partial charge in [-0.2, -0.15) is 5.26 Å². The highest BCUT2D eigenvalue weighted by atomic mass is 127. The van der Waals surface area contributed by atoms with Gasteiger partial charge in [-0.25, -0.2) is 4.98 Å². The van der Waals surface area contributed by atoms with E-state index in [1.54, 1.807) is 12.1 Å². The molecule has 4 nitrogen and oxygen atoms in total. The summed E-state index contributed by atoms with van der Waals surface area (Å²) in [6.07, 6.45) is 0. The van der Waals surface area contributed by atoms with E-state index in [1.165, 1.54) is 0 Å². The van der Waals surface area contributed by atoms with E-state index in [0.717, 1.165) is 9.26 Å². The molecular weight excluding hydrogens is 327 g/mol. The summed E-state index contributed by atoms with van der Waals surface area (Å²) in [5, 5.41) is 12.0. The lowest BCUT2D eigenvalue weighted by Crippen LogP contribution is -1.99. The summed E-state index contributed by atoms with van der Waals surface area (Å²) in [4.78, 5) is 4.13. The van der Waals surface area contributed by atoms with Crippen LogP contribution in [0.3, 0.4) is 0 Å². The second-order valence-electron chi connectivity index (χ2n) is 3.35. The molecule has 2 aromatic rings. The first-order chi connectivity index (χ1) is 8.20. The molecule has 0 aliphatic carbocycles. The van der Waals surface area contributed by atoms with Gasteiger partial charge in [-0.15, -0.1) is 0 Å². The molecule has 0 atom stereocenters. The monoisotopic (exact) mass is 336 g/mol. The van der Waals surface area contributed by atoms with Crippen LogP contribution < -0.4 is 11.1 Å². The number of rotatable bonds is 2. The van der Waals surface area contributed by atoms with E-state index in [2.05, 4.69) is 32.9 Å². The second-order valence-corrected chi connectivity index (χ2v) is 4.51. The van der Waals surface area contributed by atoms with Gasteiger partial charge in [0.2, 0.25) is 0 Å². The summed E-state index contributed by atoms with van der Waals surface area (Å²) in [7, 11) is 0. The lowest BCUT2D eigenvalue weighted by atomic mass is 10.3. The second kappa shape index (κ2) is 5.01. The van der Waals surface area contributed by atoms with Crippen molar-refractivity contribution in [3.8, 4) is 6.07 Å². The van der Waals surface area contributed by atoms with Crippen molar-refractivity contribution in [2.24, 2.45) is 0 Å². The third-order valence-electron chi connectivity index (χ3n) is 2.17. The molecule has 2 rings (SSSR count). The quantitative estimate of drug-likeness (QED) is 0.827. The van der Waals surface area contributed by atoms with Crippen LogP contribution in [0.1, 0.15) is 5.69 Å². The van der Waals surface area contributed by atoms with Crippen LogP contribution in [0.2, 0.25) is 0 Å². The van der Waals surface area contributed by atoms with E-state index in [4.69, 9.17) is 11.0 Å². The van der Waals surface area contributed by atoms with Gasteiger partial charge >= 0.3 is 0 Å². The Morgan fingerprint density at radius 2 is 2.00 bits per heavy atom.